The number of rotatable bonds is 7. The lowest BCUT2D eigenvalue weighted by molar-refractivity contribution is -0.681. The van der Waals surface area contributed by atoms with Gasteiger partial charge in [-0.05, 0) is 18.2 Å². The van der Waals surface area contributed by atoms with Gasteiger partial charge in [-0.15, -0.1) is 0 Å². The van der Waals surface area contributed by atoms with Crippen molar-refractivity contribution >= 4 is 34.4 Å². The molecular weight excluding hydrogens is 398 g/mol. The Labute approximate surface area is 170 Å². The Kier molecular flexibility index (Phi) is 6.10. The molecule has 0 aliphatic rings. The number of halogens is 1. The van der Waals surface area contributed by atoms with E-state index in [0.717, 1.165) is 11.6 Å². The molecule has 0 radical (unpaired) electrons. The number of hydrazone groups is 1. The van der Waals surface area contributed by atoms with E-state index in [1.807, 2.05) is 35.2 Å². The van der Waals surface area contributed by atoms with Crippen LogP contribution in [0.5, 0.6) is 0 Å². The molecule has 0 amide bonds. The number of benzene rings is 2. The van der Waals surface area contributed by atoms with Crippen LogP contribution in [0.2, 0.25) is 5.02 Å². The second-order valence-corrected chi connectivity index (χ2v) is 6.38. The molecule has 9 nitrogen and oxygen atoms in total. The standard InChI is InChI=1S/C19H15ClN5O4/c20-15-6-4-14(5-7-15)18(13-23-10-2-1-3-11-23)22-21-17-9-8-16(24(26)27)12-19(17)25(28)29/h1-12,21H,13H2/q+1/b22-18+. The Balaban J connectivity index is 1.97. The molecule has 1 N–H and O–H groups in total. The molecule has 29 heavy (non-hydrogen) atoms. The van der Waals surface area contributed by atoms with E-state index in [4.69, 9.17) is 11.6 Å². The molecule has 0 aliphatic carbocycles. The molecule has 2 aromatic carbocycles. The first-order valence-electron chi connectivity index (χ1n) is 8.39. The average Bonchev–Trinajstić information content (AvgIpc) is 2.72. The Bertz CT molecular complexity index is 1070. The van der Waals surface area contributed by atoms with Crippen molar-refractivity contribution in [3.05, 3.63) is 104 Å². The Morgan fingerprint density at radius 1 is 1.00 bits per heavy atom. The predicted octanol–water partition coefficient (Wildman–Crippen LogP) is 3.96. The van der Waals surface area contributed by atoms with Crippen LogP contribution in [0, 0.1) is 20.2 Å². The molecule has 10 heteroatoms. The number of anilines is 1. The molecule has 0 saturated carbocycles. The van der Waals surface area contributed by atoms with Gasteiger partial charge in [-0.25, -0.2) is 0 Å². The highest BCUT2D eigenvalue weighted by atomic mass is 35.5. The topological polar surface area (TPSA) is 115 Å². The van der Waals surface area contributed by atoms with Gasteiger partial charge in [-0.3, -0.25) is 25.7 Å². The smallest absolute Gasteiger partial charge is 0.271 e. The molecule has 0 aliphatic heterocycles. The molecule has 3 rings (SSSR count). The number of aromatic nitrogens is 1. The summed E-state index contributed by atoms with van der Waals surface area (Å²) >= 11 is 5.95. The highest BCUT2D eigenvalue weighted by Gasteiger charge is 2.20. The van der Waals surface area contributed by atoms with E-state index in [-0.39, 0.29) is 11.4 Å². The number of nitro benzene ring substituents is 2. The highest BCUT2D eigenvalue weighted by Crippen LogP contribution is 2.29. The van der Waals surface area contributed by atoms with Crippen LogP contribution < -0.4 is 9.99 Å². The lowest BCUT2D eigenvalue weighted by Gasteiger charge is -2.07. The van der Waals surface area contributed by atoms with Crippen molar-refractivity contribution in [3.63, 3.8) is 0 Å². The summed E-state index contributed by atoms with van der Waals surface area (Å²) in [5, 5.41) is 27.1. The third kappa shape index (κ3) is 5.11. The van der Waals surface area contributed by atoms with E-state index in [1.54, 1.807) is 24.3 Å². The van der Waals surface area contributed by atoms with Crippen LogP contribution >= 0.6 is 11.6 Å². The maximum absolute atomic E-state index is 11.3. The van der Waals surface area contributed by atoms with Crippen LogP contribution in [-0.2, 0) is 6.54 Å². The maximum atomic E-state index is 11.3. The van der Waals surface area contributed by atoms with Crippen molar-refractivity contribution in [2.24, 2.45) is 5.10 Å². The second-order valence-electron chi connectivity index (χ2n) is 5.94. The Hall–Kier alpha value is -3.85. The number of nitrogens with zero attached hydrogens (tertiary/aromatic N) is 4. The molecule has 0 bridgehead atoms. The largest absolute Gasteiger partial charge is 0.301 e. The zero-order chi connectivity index (χ0) is 20.8. The highest BCUT2D eigenvalue weighted by molar-refractivity contribution is 6.30. The van der Waals surface area contributed by atoms with Crippen molar-refractivity contribution in [3.8, 4) is 0 Å². The minimum atomic E-state index is -0.696. The molecule has 3 aromatic rings. The van der Waals surface area contributed by atoms with Gasteiger partial charge in [-0.2, -0.15) is 9.67 Å². The average molecular weight is 413 g/mol. The van der Waals surface area contributed by atoms with Crippen molar-refractivity contribution in [1.82, 2.24) is 0 Å². The zero-order valence-electron chi connectivity index (χ0n) is 14.9. The van der Waals surface area contributed by atoms with E-state index in [9.17, 15) is 20.2 Å². The van der Waals surface area contributed by atoms with Gasteiger partial charge in [0.2, 0.25) is 0 Å². The quantitative estimate of drug-likeness (QED) is 0.273. The normalized spacial score (nSPS) is 11.1. The number of non-ortho nitro benzene ring substituents is 1. The van der Waals surface area contributed by atoms with E-state index in [2.05, 4.69) is 10.5 Å². The number of nitro groups is 2. The summed E-state index contributed by atoms with van der Waals surface area (Å²) in [6.45, 7) is 0.385. The molecule has 0 atom stereocenters. The first-order chi connectivity index (χ1) is 13.9. The number of hydrogen-bond acceptors (Lipinski definition) is 6. The molecule has 146 valence electrons. The monoisotopic (exact) mass is 412 g/mol. The van der Waals surface area contributed by atoms with E-state index in [0.29, 0.717) is 17.3 Å². The van der Waals surface area contributed by atoms with E-state index < -0.39 is 15.5 Å². The summed E-state index contributed by atoms with van der Waals surface area (Å²) < 4.78 is 1.89. The van der Waals surface area contributed by atoms with Crippen LogP contribution in [0.25, 0.3) is 0 Å². The SMILES string of the molecule is O=[N+]([O-])c1ccc(N/N=C(\C[n+]2ccccc2)c2ccc(Cl)cc2)c([N+](=O)[O-])c1. The summed E-state index contributed by atoms with van der Waals surface area (Å²) in [6, 6.07) is 16.0. The molecule has 0 unspecified atom stereocenters. The summed E-state index contributed by atoms with van der Waals surface area (Å²) in [5.41, 5.74) is 3.26. The fourth-order valence-corrected chi connectivity index (χ4v) is 2.68. The van der Waals surface area contributed by atoms with Gasteiger partial charge in [0.25, 0.3) is 5.69 Å². The predicted molar refractivity (Wildman–Crippen MR) is 108 cm³/mol. The summed E-state index contributed by atoms with van der Waals surface area (Å²) in [4.78, 5) is 20.8. The number of nitrogens with one attached hydrogen (secondary N) is 1. The summed E-state index contributed by atoms with van der Waals surface area (Å²) in [5.74, 6) is 0. The van der Waals surface area contributed by atoms with Gasteiger partial charge in [-0.1, -0.05) is 29.8 Å². The zero-order valence-corrected chi connectivity index (χ0v) is 15.7. The Morgan fingerprint density at radius 3 is 2.31 bits per heavy atom. The van der Waals surface area contributed by atoms with Crippen LogP contribution in [-0.4, -0.2) is 15.6 Å². The molecular formula is C19H15ClN5O4+. The Morgan fingerprint density at radius 2 is 1.69 bits per heavy atom. The van der Waals surface area contributed by atoms with Gasteiger partial charge < -0.3 is 0 Å². The third-order valence-corrected chi connectivity index (χ3v) is 4.24. The first-order valence-corrected chi connectivity index (χ1v) is 8.77. The lowest BCUT2D eigenvalue weighted by Crippen LogP contribution is -2.37. The van der Waals surface area contributed by atoms with Crippen LogP contribution in [0.4, 0.5) is 17.1 Å². The number of hydrogen-bond donors (Lipinski definition) is 1. The minimum absolute atomic E-state index is 0.0464. The van der Waals surface area contributed by atoms with Crippen molar-refractivity contribution in [1.29, 1.82) is 0 Å². The van der Waals surface area contributed by atoms with Crippen molar-refractivity contribution in [2.75, 3.05) is 5.43 Å². The number of pyridine rings is 1. The van der Waals surface area contributed by atoms with E-state index >= 15 is 0 Å². The second kappa shape index (κ2) is 8.89. The van der Waals surface area contributed by atoms with Gasteiger partial charge in [0.05, 0.1) is 15.9 Å². The van der Waals surface area contributed by atoms with Crippen molar-refractivity contribution in [2.45, 2.75) is 6.54 Å². The fourth-order valence-electron chi connectivity index (χ4n) is 2.55. The molecule has 0 saturated heterocycles. The van der Waals surface area contributed by atoms with Crippen LogP contribution in [0.3, 0.4) is 0 Å². The minimum Gasteiger partial charge on any atom is -0.271 e. The molecule has 0 spiro atoms. The third-order valence-electron chi connectivity index (χ3n) is 3.99. The maximum Gasteiger partial charge on any atom is 0.301 e. The van der Waals surface area contributed by atoms with E-state index in [1.165, 1.54) is 12.1 Å². The molecule has 1 heterocycles. The molecule has 1 aromatic heterocycles. The van der Waals surface area contributed by atoms with Gasteiger partial charge >= 0.3 is 5.69 Å². The summed E-state index contributed by atoms with van der Waals surface area (Å²) in [6.07, 6.45) is 3.72. The lowest BCUT2D eigenvalue weighted by atomic mass is 10.1. The molecule has 0 fully saturated rings. The summed E-state index contributed by atoms with van der Waals surface area (Å²) in [7, 11) is 0. The van der Waals surface area contributed by atoms with Crippen LogP contribution in [0.1, 0.15) is 5.56 Å². The van der Waals surface area contributed by atoms with Gasteiger partial charge in [0, 0.05) is 28.8 Å². The van der Waals surface area contributed by atoms with Gasteiger partial charge in [0.1, 0.15) is 11.4 Å². The fraction of sp³-hybridized carbons (Fsp3) is 0.0526. The van der Waals surface area contributed by atoms with Crippen molar-refractivity contribution < 1.29 is 14.4 Å². The van der Waals surface area contributed by atoms with Crippen LogP contribution in [0.15, 0.2) is 78.2 Å². The first kappa shape index (κ1) is 19.9. The van der Waals surface area contributed by atoms with Gasteiger partial charge in [0.15, 0.2) is 18.9 Å².